The van der Waals surface area contributed by atoms with E-state index in [1.54, 1.807) is 57.2 Å². The number of aliphatic hydroxyl groups is 3. The SMILES string of the molecule is CCO.C[C@@H](N)[C@H](NC(=O)c1ccc(C#Cc2ccc(CN3CCOCC3)cc2)cc1)C(=O)CO.C[C@@H](N)[C@H](NC(=O)c1ccc(CCc2ccc(CN3CCOCC3)cc2)cc1)C(=O)CO.[CH3-].[Pd]. The van der Waals surface area contributed by atoms with E-state index >= 15 is 0 Å². The molecule has 2 amide bonds. The summed E-state index contributed by atoms with van der Waals surface area (Å²) in [5.41, 5.74) is 19.0. The van der Waals surface area contributed by atoms with E-state index in [4.69, 9.17) is 36.3 Å². The van der Waals surface area contributed by atoms with Gasteiger partial charge in [0.1, 0.15) is 25.3 Å². The van der Waals surface area contributed by atoms with Gasteiger partial charge in [-0.2, -0.15) is 0 Å². The second-order valence-corrected chi connectivity index (χ2v) is 16.5. The smallest absolute Gasteiger partial charge is 0.251 e. The first-order valence-corrected chi connectivity index (χ1v) is 22.8. The van der Waals surface area contributed by atoms with E-state index in [0.29, 0.717) is 11.1 Å². The van der Waals surface area contributed by atoms with Crippen LogP contribution in [0.2, 0.25) is 0 Å². The molecule has 0 saturated carbocycles. The Kier molecular flexibility index (Phi) is 28.6. The molecule has 2 aliphatic heterocycles. The number of hydrogen-bond acceptors (Lipinski definition) is 13. The van der Waals surface area contributed by atoms with E-state index in [9.17, 15) is 19.2 Å². The number of carbonyl (C=O) groups excluding carboxylic acids is 4. The summed E-state index contributed by atoms with van der Waals surface area (Å²) in [4.78, 5) is 53.1. The first-order chi connectivity index (χ1) is 32.3. The predicted molar refractivity (Wildman–Crippen MR) is 265 cm³/mol. The van der Waals surface area contributed by atoms with Gasteiger partial charge in [0.05, 0.1) is 26.4 Å². The molecule has 15 nitrogen and oxygen atoms in total. The van der Waals surface area contributed by atoms with Crippen molar-refractivity contribution in [1.29, 1.82) is 0 Å². The number of benzene rings is 4. The van der Waals surface area contributed by atoms with Gasteiger partial charge >= 0.3 is 0 Å². The van der Waals surface area contributed by atoms with Crippen LogP contribution in [0.5, 0.6) is 0 Å². The molecule has 16 heteroatoms. The minimum absolute atomic E-state index is 0. The van der Waals surface area contributed by atoms with Crippen molar-refractivity contribution < 1.29 is 64.4 Å². The average molecular weight is 1040 g/mol. The Bertz CT molecular complexity index is 2180. The van der Waals surface area contributed by atoms with Gasteiger partial charge in [-0.05, 0) is 104 Å². The van der Waals surface area contributed by atoms with Crippen molar-refractivity contribution in [3.8, 4) is 11.8 Å². The fourth-order valence-electron chi connectivity index (χ4n) is 7.16. The fraction of sp³-hybridized carbons (Fsp3) is 0.415. The van der Waals surface area contributed by atoms with Crippen LogP contribution in [0.1, 0.15) is 74.9 Å². The minimum Gasteiger partial charge on any atom is -0.397 e. The number of aryl methyl sites for hydroxylation is 2. The number of morpholine rings is 2. The molecule has 4 aromatic rings. The molecule has 2 aliphatic rings. The van der Waals surface area contributed by atoms with Gasteiger partial charge < -0.3 is 54.3 Å². The van der Waals surface area contributed by atoms with Gasteiger partial charge in [-0.25, -0.2) is 0 Å². The Balaban J connectivity index is 0.000000436. The number of rotatable bonds is 17. The van der Waals surface area contributed by atoms with Crippen LogP contribution in [0.15, 0.2) is 97.1 Å². The van der Waals surface area contributed by atoms with E-state index in [2.05, 4.69) is 68.7 Å². The van der Waals surface area contributed by atoms with Gasteiger partial charge in [0, 0.05) is 101 Å². The molecule has 4 aromatic carbocycles. The molecule has 2 saturated heterocycles. The average Bonchev–Trinajstić information content (AvgIpc) is 3.35. The molecule has 69 heavy (non-hydrogen) atoms. The first-order valence-electron chi connectivity index (χ1n) is 22.8. The summed E-state index contributed by atoms with van der Waals surface area (Å²) in [5.74, 6) is 4.41. The zero-order valence-electron chi connectivity index (χ0n) is 40.3. The van der Waals surface area contributed by atoms with Crippen molar-refractivity contribution >= 4 is 23.4 Å². The van der Waals surface area contributed by atoms with Crippen LogP contribution in [-0.4, -0.2) is 145 Å². The van der Waals surface area contributed by atoms with Crippen molar-refractivity contribution in [1.82, 2.24) is 20.4 Å². The maximum Gasteiger partial charge on any atom is 0.251 e. The number of ketones is 2. The van der Waals surface area contributed by atoms with Crippen LogP contribution >= 0.6 is 0 Å². The Hall–Kier alpha value is -4.98. The van der Waals surface area contributed by atoms with Gasteiger partial charge in [-0.1, -0.05) is 60.4 Å². The zero-order valence-corrected chi connectivity index (χ0v) is 41.9. The molecule has 0 unspecified atom stereocenters. The summed E-state index contributed by atoms with van der Waals surface area (Å²) in [5, 5.41) is 30.8. The predicted octanol–water partition coefficient (Wildman–Crippen LogP) is 2.68. The molecule has 0 bridgehead atoms. The summed E-state index contributed by atoms with van der Waals surface area (Å²) in [6.45, 7) is 12.8. The molecule has 2 heterocycles. The van der Waals surface area contributed by atoms with Crippen molar-refractivity contribution in [3.05, 3.63) is 149 Å². The Morgan fingerprint density at radius 2 is 0.855 bits per heavy atom. The number of nitrogens with one attached hydrogen (secondary N) is 2. The van der Waals surface area contributed by atoms with E-state index in [1.807, 2.05) is 24.3 Å². The molecule has 378 valence electrons. The van der Waals surface area contributed by atoms with Gasteiger partial charge in [-0.15, -0.1) is 0 Å². The molecule has 6 rings (SSSR count). The topological polar surface area (TPSA) is 230 Å². The second-order valence-electron chi connectivity index (χ2n) is 16.5. The molecule has 9 N–H and O–H groups in total. The quantitative estimate of drug-likeness (QED) is 0.0459. The molecule has 0 aliphatic carbocycles. The third kappa shape index (κ3) is 21.3. The van der Waals surface area contributed by atoms with Crippen molar-refractivity contribution in [2.75, 3.05) is 72.4 Å². The zero-order chi connectivity index (χ0) is 48.6. The number of aliphatic hydroxyl groups excluding tert-OH is 3. The summed E-state index contributed by atoms with van der Waals surface area (Å²) in [7, 11) is 0. The van der Waals surface area contributed by atoms with Crippen molar-refractivity contribution in [2.24, 2.45) is 11.5 Å². The van der Waals surface area contributed by atoms with Gasteiger partial charge in [0.2, 0.25) is 0 Å². The van der Waals surface area contributed by atoms with Crippen molar-refractivity contribution in [2.45, 2.75) is 70.9 Å². The number of carbonyl (C=O) groups is 4. The summed E-state index contributed by atoms with van der Waals surface area (Å²) in [6, 6.07) is 28.1. The number of nitrogens with two attached hydrogens (primary N) is 2. The van der Waals surface area contributed by atoms with Crippen LogP contribution in [0.3, 0.4) is 0 Å². The maximum absolute atomic E-state index is 12.4. The molecule has 0 spiro atoms. The van der Waals surface area contributed by atoms with E-state index in [0.717, 1.165) is 95.2 Å². The number of amides is 2. The van der Waals surface area contributed by atoms with E-state index in [1.165, 1.54) is 16.7 Å². The summed E-state index contributed by atoms with van der Waals surface area (Å²) >= 11 is 0. The van der Waals surface area contributed by atoms with Gasteiger partial charge in [0.15, 0.2) is 11.6 Å². The number of Topliss-reactive ketones (excluding diaryl/α,β-unsaturated/α-hetero) is 2. The van der Waals surface area contributed by atoms with Gasteiger partial charge in [-0.3, -0.25) is 29.0 Å². The molecular formula is C53H71N6O9Pd-. The minimum atomic E-state index is -0.932. The Morgan fingerprint density at radius 3 is 1.19 bits per heavy atom. The summed E-state index contributed by atoms with van der Waals surface area (Å²) < 4.78 is 10.8. The van der Waals surface area contributed by atoms with Crippen LogP contribution in [0.25, 0.3) is 0 Å². The number of hydrogen-bond donors (Lipinski definition) is 7. The Labute approximate surface area is 422 Å². The third-order valence-corrected chi connectivity index (χ3v) is 11.0. The first kappa shape index (κ1) is 60.1. The summed E-state index contributed by atoms with van der Waals surface area (Å²) in [6.07, 6.45) is 1.79. The third-order valence-electron chi connectivity index (χ3n) is 11.0. The number of nitrogens with zero attached hydrogens (tertiary/aromatic N) is 2. The monoisotopic (exact) mass is 1040 g/mol. The van der Waals surface area contributed by atoms with Crippen LogP contribution in [0.4, 0.5) is 0 Å². The molecule has 0 radical (unpaired) electrons. The maximum atomic E-state index is 12.4. The fourth-order valence-corrected chi connectivity index (χ4v) is 7.16. The molecule has 0 aromatic heterocycles. The van der Waals surface area contributed by atoms with Gasteiger partial charge in [0.25, 0.3) is 11.8 Å². The number of ether oxygens (including phenoxy) is 2. The molecular weight excluding hydrogens is 971 g/mol. The molecule has 2 fully saturated rings. The Morgan fingerprint density at radius 1 is 0.565 bits per heavy atom. The second kappa shape index (κ2) is 32.8. The normalized spacial score (nSPS) is 15.2. The standard InChI is InChI=1S/C25H33N3O4.C25H29N3O4.C2H6O.CH3.Pd/c2*1-18(26)24(23(30)17-29)27-25(31)22-10-8-20(9-11-22)3-2-19-4-6-21(7-5-19)16-28-12-14-32-15-13-28;1-2-3;;/h4-11,18,24,29H,2-3,12-17,26H2,1H3,(H,27,31);4-11,18,24,29H,12-17,26H2,1H3,(H,27,31);3H,2H2,1H3;1H3;/q;;;-1;/t2*18-,24+;;;/m11.../s1. The van der Waals surface area contributed by atoms with Crippen LogP contribution in [-0.2, 0) is 65.4 Å². The molecule has 4 atom stereocenters. The van der Waals surface area contributed by atoms with E-state index < -0.39 is 54.9 Å². The van der Waals surface area contributed by atoms with Crippen LogP contribution < -0.4 is 22.1 Å². The van der Waals surface area contributed by atoms with Crippen LogP contribution in [0, 0.1) is 19.3 Å². The largest absolute Gasteiger partial charge is 0.397 e. The van der Waals surface area contributed by atoms with E-state index in [-0.39, 0.29) is 40.4 Å². The van der Waals surface area contributed by atoms with Crippen molar-refractivity contribution in [3.63, 3.8) is 0 Å².